The van der Waals surface area contributed by atoms with E-state index in [4.69, 9.17) is 0 Å². The normalized spacial score (nSPS) is 33.1. The average Bonchev–Trinajstić information content (AvgIpc) is 2.87. The molecule has 1 amide bonds. The zero-order valence-electron chi connectivity index (χ0n) is 10.7. The number of fused-ring (bicyclic) bond motifs is 2. The van der Waals surface area contributed by atoms with E-state index in [0.29, 0.717) is 0 Å². The molecule has 0 heterocycles. The third kappa shape index (κ3) is 2.24. The van der Waals surface area contributed by atoms with Gasteiger partial charge in [0.25, 0.3) is 0 Å². The molecule has 2 aliphatic carbocycles. The predicted octanol–water partition coefficient (Wildman–Crippen LogP) is 1.54. The molecule has 2 fully saturated rings. The Bertz CT molecular complexity index is 275. The summed E-state index contributed by atoms with van der Waals surface area (Å²) in [7, 11) is 1.83. The van der Waals surface area contributed by atoms with E-state index in [1.807, 2.05) is 20.9 Å². The van der Waals surface area contributed by atoms with Crippen molar-refractivity contribution in [2.75, 3.05) is 13.6 Å². The summed E-state index contributed by atoms with van der Waals surface area (Å²) in [6.07, 6.45) is 5.57. The molecule has 2 aliphatic rings. The molecule has 3 atom stereocenters. The topological polar surface area (TPSA) is 41.1 Å². The van der Waals surface area contributed by atoms with Gasteiger partial charge in [-0.05, 0) is 57.9 Å². The summed E-state index contributed by atoms with van der Waals surface area (Å²) in [4.78, 5) is 11.9. The van der Waals surface area contributed by atoms with Crippen LogP contribution in [0.25, 0.3) is 0 Å². The predicted molar refractivity (Wildman–Crippen MR) is 65.1 cm³/mol. The molecule has 0 aliphatic heterocycles. The number of carbonyl (C=O) groups is 1. The van der Waals surface area contributed by atoms with Crippen molar-refractivity contribution in [3.05, 3.63) is 0 Å². The first-order valence-electron chi connectivity index (χ1n) is 6.50. The van der Waals surface area contributed by atoms with Gasteiger partial charge in [0.05, 0.1) is 5.54 Å². The Kier molecular flexibility index (Phi) is 3.24. The highest BCUT2D eigenvalue weighted by molar-refractivity contribution is 5.85. The Morgan fingerprint density at radius 2 is 2.06 bits per heavy atom. The molecule has 2 N–H and O–H groups in total. The number of amides is 1. The molecule has 92 valence electrons. The lowest BCUT2D eigenvalue weighted by atomic mass is 9.88. The second-order valence-electron chi connectivity index (χ2n) is 6.02. The van der Waals surface area contributed by atoms with Gasteiger partial charge < -0.3 is 10.6 Å². The van der Waals surface area contributed by atoms with Gasteiger partial charge in [-0.2, -0.15) is 0 Å². The minimum absolute atomic E-state index is 0.123. The van der Waals surface area contributed by atoms with Crippen molar-refractivity contribution in [1.29, 1.82) is 0 Å². The van der Waals surface area contributed by atoms with Gasteiger partial charge >= 0.3 is 0 Å². The van der Waals surface area contributed by atoms with Crippen molar-refractivity contribution >= 4 is 5.91 Å². The first kappa shape index (κ1) is 11.9. The maximum absolute atomic E-state index is 11.9. The van der Waals surface area contributed by atoms with Gasteiger partial charge in [0.2, 0.25) is 5.91 Å². The molecular weight excluding hydrogens is 200 g/mol. The van der Waals surface area contributed by atoms with Gasteiger partial charge in [0.1, 0.15) is 0 Å². The highest BCUT2D eigenvalue weighted by atomic mass is 16.2. The van der Waals surface area contributed by atoms with Crippen molar-refractivity contribution in [1.82, 2.24) is 10.6 Å². The molecule has 16 heavy (non-hydrogen) atoms. The average molecular weight is 224 g/mol. The van der Waals surface area contributed by atoms with E-state index in [1.165, 1.54) is 25.7 Å². The summed E-state index contributed by atoms with van der Waals surface area (Å²) in [5.41, 5.74) is -0.447. The van der Waals surface area contributed by atoms with Crippen LogP contribution in [0, 0.1) is 17.8 Å². The van der Waals surface area contributed by atoms with Crippen molar-refractivity contribution < 1.29 is 4.79 Å². The van der Waals surface area contributed by atoms with E-state index in [2.05, 4.69) is 10.6 Å². The van der Waals surface area contributed by atoms with Crippen LogP contribution in [0.1, 0.15) is 39.5 Å². The number of rotatable bonds is 4. The highest BCUT2D eigenvalue weighted by Gasteiger charge is 2.39. The lowest BCUT2D eigenvalue weighted by Crippen LogP contribution is -2.52. The smallest absolute Gasteiger partial charge is 0.239 e. The Balaban J connectivity index is 1.78. The zero-order chi connectivity index (χ0) is 11.8. The molecule has 0 aromatic heterocycles. The molecule has 2 saturated carbocycles. The van der Waals surface area contributed by atoms with Gasteiger partial charge in [0, 0.05) is 6.54 Å². The fourth-order valence-corrected chi connectivity index (χ4v) is 3.18. The molecule has 0 aromatic carbocycles. The number of carbonyl (C=O) groups excluding carboxylic acids is 1. The van der Waals surface area contributed by atoms with Crippen molar-refractivity contribution in [2.24, 2.45) is 17.8 Å². The lowest BCUT2D eigenvalue weighted by molar-refractivity contribution is -0.126. The van der Waals surface area contributed by atoms with Gasteiger partial charge in [-0.3, -0.25) is 4.79 Å². The summed E-state index contributed by atoms with van der Waals surface area (Å²) in [5.74, 6) is 2.72. The molecule has 0 radical (unpaired) electrons. The molecule has 2 rings (SSSR count). The Labute approximate surface area is 98.4 Å². The molecule has 0 saturated heterocycles. The molecule has 3 heteroatoms. The number of hydrogen-bond donors (Lipinski definition) is 2. The van der Waals surface area contributed by atoms with E-state index in [-0.39, 0.29) is 5.91 Å². The van der Waals surface area contributed by atoms with E-state index >= 15 is 0 Å². The van der Waals surface area contributed by atoms with Gasteiger partial charge in [0.15, 0.2) is 0 Å². The van der Waals surface area contributed by atoms with Crippen LogP contribution < -0.4 is 10.6 Å². The van der Waals surface area contributed by atoms with E-state index in [9.17, 15) is 4.79 Å². The number of likely N-dealkylation sites (N-methyl/N-ethyl adjacent to an activating group) is 1. The van der Waals surface area contributed by atoms with Gasteiger partial charge in [-0.25, -0.2) is 0 Å². The fourth-order valence-electron chi connectivity index (χ4n) is 3.18. The third-order valence-corrected chi connectivity index (χ3v) is 4.60. The Hall–Kier alpha value is -0.570. The van der Waals surface area contributed by atoms with Crippen LogP contribution in [0.3, 0.4) is 0 Å². The summed E-state index contributed by atoms with van der Waals surface area (Å²) in [6, 6.07) is 0. The minimum atomic E-state index is -0.447. The maximum Gasteiger partial charge on any atom is 0.239 e. The Morgan fingerprint density at radius 3 is 2.56 bits per heavy atom. The number of hydrogen-bond acceptors (Lipinski definition) is 2. The second kappa shape index (κ2) is 4.36. The fraction of sp³-hybridized carbons (Fsp3) is 0.923. The standard InChI is InChI=1S/C13H24N2O/c1-13(2,14-3)12(16)15-8-11-7-9-4-5-10(11)6-9/h9-11,14H,4-8H2,1-3H3,(H,15,16). The third-order valence-electron chi connectivity index (χ3n) is 4.60. The molecule has 3 unspecified atom stereocenters. The van der Waals surface area contributed by atoms with Gasteiger partial charge in [-0.15, -0.1) is 0 Å². The maximum atomic E-state index is 11.9. The van der Waals surface area contributed by atoms with Crippen molar-refractivity contribution in [2.45, 2.75) is 45.1 Å². The second-order valence-corrected chi connectivity index (χ2v) is 6.02. The summed E-state index contributed by atoms with van der Waals surface area (Å²) in [5, 5.41) is 6.14. The van der Waals surface area contributed by atoms with E-state index in [0.717, 1.165) is 24.3 Å². The molecule has 0 aromatic rings. The largest absolute Gasteiger partial charge is 0.354 e. The van der Waals surface area contributed by atoms with Gasteiger partial charge in [-0.1, -0.05) is 6.42 Å². The summed E-state index contributed by atoms with van der Waals surface area (Å²) in [6.45, 7) is 4.72. The van der Waals surface area contributed by atoms with Crippen LogP contribution in [0.2, 0.25) is 0 Å². The molecule has 2 bridgehead atoms. The molecule has 0 spiro atoms. The van der Waals surface area contributed by atoms with Crippen LogP contribution >= 0.6 is 0 Å². The quantitative estimate of drug-likeness (QED) is 0.760. The van der Waals surface area contributed by atoms with Crippen LogP contribution in [0.15, 0.2) is 0 Å². The van der Waals surface area contributed by atoms with Crippen molar-refractivity contribution in [3.8, 4) is 0 Å². The number of nitrogens with one attached hydrogen (secondary N) is 2. The molecular formula is C13H24N2O. The Morgan fingerprint density at radius 1 is 1.31 bits per heavy atom. The van der Waals surface area contributed by atoms with Crippen LogP contribution in [-0.2, 0) is 4.79 Å². The monoisotopic (exact) mass is 224 g/mol. The molecule has 3 nitrogen and oxygen atoms in total. The highest BCUT2D eigenvalue weighted by Crippen LogP contribution is 2.47. The summed E-state index contributed by atoms with van der Waals surface area (Å²) < 4.78 is 0. The van der Waals surface area contributed by atoms with Crippen LogP contribution in [-0.4, -0.2) is 25.0 Å². The van der Waals surface area contributed by atoms with E-state index < -0.39 is 5.54 Å². The van der Waals surface area contributed by atoms with Crippen LogP contribution in [0.5, 0.6) is 0 Å². The first-order chi connectivity index (χ1) is 7.53. The van der Waals surface area contributed by atoms with Crippen molar-refractivity contribution in [3.63, 3.8) is 0 Å². The minimum Gasteiger partial charge on any atom is -0.354 e. The summed E-state index contributed by atoms with van der Waals surface area (Å²) >= 11 is 0. The zero-order valence-corrected chi connectivity index (χ0v) is 10.7. The van der Waals surface area contributed by atoms with Crippen LogP contribution in [0.4, 0.5) is 0 Å². The lowest BCUT2D eigenvalue weighted by Gasteiger charge is -2.26. The SMILES string of the molecule is CNC(C)(C)C(=O)NCC1CC2CCC1C2. The van der Waals surface area contributed by atoms with E-state index in [1.54, 1.807) is 0 Å². The first-order valence-corrected chi connectivity index (χ1v) is 6.50.